The molecule has 2 aromatic rings. The molecule has 0 bridgehead atoms. The van der Waals surface area contributed by atoms with Crippen LogP contribution in [0.2, 0.25) is 0 Å². The first-order valence-electron chi connectivity index (χ1n) is 6.90. The van der Waals surface area contributed by atoms with Crippen LogP contribution in [-0.4, -0.2) is 5.11 Å². The molecular formula is C17H20N2S. The van der Waals surface area contributed by atoms with Crippen molar-refractivity contribution >= 4 is 23.0 Å². The highest BCUT2D eigenvalue weighted by atomic mass is 32.1. The third-order valence-corrected chi connectivity index (χ3v) is 3.49. The Morgan fingerprint density at radius 1 is 1.05 bits per heavy atom. The van der Waals surface area contributed by atoms with Gasteiger partial charge in [0.05, 0.1) is 6.04 Å². The van der Waals surface area contributed by atoms with Crippen molar-refractivity contribution in [1.82, 2.24) is 5.32 Å². The smallest absolute Gasteiger partial charge is 0.171 e. The highest BCUT2D eigenvalue weighted by Crippen LogP contribution is 2.13. The molecule has 2 rings (SSSR count). The van der Waals surface area contributed by atoms with Crippen molar-refractivity contribution in [3.8, 4) is 0 Å². The van der Waals surface area contributed by atoms with E-state index in [4.69, 9.17) is 12.2 Å². The van der Waals surface area contributed by atoms with Crippen molar-refractivity contribution in [3.63, 3.8) is 0 Å². The summed E-state index contributed by atoms with van der Waals surface area (Å²) in [6, 6.07) is 18.8. The van der Waals surface area contributed by atoms with Gasteiger partial charge in [-0.15, -0.1) is 0 Å². The Morgan fingerprint density at radius 3 is 2.30 bits per heavy atom. The Bertz CT molecular complexity index is 549. The van der Waals surface area contributed by atoms with E-state index < -0.39 is 0 Å². The molecule has 0 aromatic heterocycles. The van der Waals surface area contributed by atoms with Gasteiger partial charge in [-0.05, 0) is 48.8 Å². The van der Waals surface area contributed by atoms with Crippen molar-refractivity contribution in [3.05, 3.63) is 65.7 Å². The number of hydrogen-bond acceptors (Lipinski definition) is 1. The summed E-state index contributed by atoms with van der Waals surface area (Å²) in [6.45, 7) is 4.25. The average molecular weight is 284 g/mol. The van der Waals surface area contributed by atoms with Crippen LogP contribution >= 0.6 is 12.2 Å². The molecule has 0 saturated heterocycles. The molecule has 0 saturated carbocycles. The minimum Gasteiger partial charge on any atom is -0.356 e. The Balaban J connectivity index is 1.91. The van der Waals surface area contributed by atoms with Crippen molar-refractivity contribution in [1.29, 1.82) is 0 Å². The lowest BCUT2D eigenvalue weighted by atomic mass is 10.1. The van der Waals surface area contributed by atoms with E-state index in [1.807, 2.05) is 18.2 Å². The quantitative estimate of drug-likeness (QED) is 0.819. The summed E-state index contributed by atoms with van der Waals surface area (Å²) in [7, 11) is 0. The van der Waals surface area contributed by atoms with Crippen LogP contribution in [-0.2, 0) is 6.42 Å². The van der Waals surface area contributed by atoms with Crippen LogP contribution < -0.4 is 10.6 Å². The van der Waals surface area contributed by atoms with Crippen LogP contribution in [0.1, 0.15) is 31.0 Å². The molecule has 0 spiro atoms. The molecule has 2 N–H and O–H groups in total. The third-order valence-electron chi connectivity index (χ3n) is 3.27. The number of hydrogen-bond donors (Lipinski definition) is 2. The maximum atomic E-state index is 5.35. The minimum atomic E-state index is 0.186. The number of thiocarbonyl (C=S) groups is 1. The molecule has 1 atom stereocenters. The predicted octanol–water partition coefficient (Wildman–Crippen LogP) is 4.30. The summed E-state index contributed by atoms with van der Waals surface area (Å²) >= 11 is 5.35. The van der Waals surface area contributed by atoms with Gasteiger partial charge < -0.3 is 10.6 Å². The summed E-state index contributed by atoms with van der Waals surface area (Å²) in [5, 5.41) is 7.15. The van der Waals surface area contributed by atoms with Crippen LogP contribution in [0.4, 0.5) is 5.69 Å². The molecular weight excluding hydrogens is 264 g/mol. The Kier molecular flexibility index (Phi) is 5.13. The van der Waals surface area contributed by atoms with E-state index in [0.717, 1.165) is 12.1 Å². The molecule has 2 nitrogen and oxygen atoms in total. The number of nitrogens with one attached hydrogen (secondary N) is 2. The summed E-state index contributed by atoms with van der Waals surface area (Å²) in [6.07, 6.45) is 1.05. The topological polar surface area (TPSA) is 24.1 Å². The number of anilines is 1. The van der Waals surface area contributed by atoms with Crippen LogP contribution in [0.25, 0.3) is 0 Å². The fourth-order valence-electron chi connectivity index (χ4n) is 2.01. The number of rotatable bonds is 4. The Morgan fingerprint density at radius 2 is 1.70 bits per heavy atom. The molecule has 0 aliphatic rings. The molecule has 3 heteroatoms. The van der Waals surface area contributed by atoms with E-state index in [1.54, 1.807) is 0 Å². The van der Waals surface area contributed by atoms with Crippen LogP contribution in [0.3, 0.4) is 0 Å². The molecule has 0 aliphatic heterocycles. The minimum absolute atomic E-state index is 0.186. The van der Waals surface area contributed by atoms with E-state index in [2.05, 4.69) is 60.9 Å². The van der Waals surface area contributed by atoms with E-state index in [-0.39, 0.29) is 6.04 Å². The van der Waals surface area contributed by atoms with Gasteiger partial charge in [0.2, 0.25) is 0 Å². The van der Waals surface area contributed by atoms with E-state index in [1.165, 1.54) is 11.1 Å². The predicted molar refractivity (Wildman–Crippen MR) is 90.0 cm³/mol. The summed E-state index contributed by atoms with van der Waals surface area (Å²) in [5.74, 6) is 0. The first-order chi connectivity index (χ1) is 9.69. The highest BCUT2D eigenvalue weighted by Gasteiger charge is 2.06. The maximum absolute atomic E-state index is 5.35. The van der Waals surface area contributed by atoms with Crippen LogP contribution in [0.15, 0.2) is 54.6 Å². The molecule has 104 valence electrons. The zero-order valence-electron chi connectivity index (χ0n) is 11.9. The largest absolute Gasteiger partial charge is 0.356 e. The van der Waals surface area contributed by atoms with Crippen LogP contribution in [0.5, 0.6) is 0 Å². The lowest BCUT2D eigenvalue weighted by molar-refractivity contribution is 0.722. The molecule has 0 amide bonds. The molecule has 0 fully saturated rings. The SMILES string of the molecule is CCc1ccc(NC(=S)NC(C)c2ccccc2)cc1. The fourth-order valence-corrected chi connectivity index (χ4v) is 2.31. The Hall–Kier alpha value is -1.87. The Labute approximate surface area is 126 Å². The number of aryl methyl sites for hydroxylation is 1. The summed E-state index contributed by atoms with van der Waals surface area (Å²) < 4.78 is 0. The standard InChI is InChI=1S/C17H20N2S/c1-3-14-9-11-16(12-10-14)19-17(20)18-13(2)15-7-5-4-6-8-15/h4-13H,3H2,1-2H3,(H2,18,19,20). The van der Waals surface area contributed by atoms with E-state index in [9.17, 15) is 0 Å². The second-order valence-corrected chi connectivity index (χ2v) is 5.19. The van der Waals surface area contributed by atoms with Gasteiger partial charge in [0.25, 0.3) is 0 Å². The van der Waals surface area contributed by atoms with Crippen molar-refractivity contribution < 1.29 is 0 Å². The first kappa shape index (κ1) is 14.5. The monoisotopic (exact) mass is 284 g/mol. The molecule has 2 aromatic carbocycles. The number of benzene rings is 2. The van der Waals surface area contributed by atoms with Gasteiger partial charge in [-0.2, -0.15) is 0 Å². The van der Waals surface area contributed by atoms with Crippen LogP contribution in [0, 0.1) is 0 Å². The summed E-state index contributed by atoms with van der Waals surface area (Å²) in [4.78, 5) is 0. The van der Waals surface area contributed by atoms with Gasteiger partial charge in [-0.3, -0.25) is 0 Å². The highest BCUT2D eigenvalue weighted by molar-refractivity contribution is 7.80. The average Bonchev–Trinajstić information content (AvgIpc) is 2.49. The molecule has 20 heavy (non-hydrogen) atoms. The fraction of sp³-hybridized carbons (Fsp3) is 0.235. The van der Waals surface area contributed by atoms with Gasteiger partial charge in [0, 0.05) is 5.69 Å². The van der Waals surface area contributed by atoms with Gasteiger partial charge >= 0.3 is 0 Å². The van der Waals surface area contributed by atoms with E-state index in [0.29, 0.717) is 5.11 Å². The third kappa shape index (κ3) is 4.07. The second kappa shape index (κ2) is 7.06. The summed E-state index contributed by atoms with van der Waals surface area (Å²) in [5.41, 5.74) is 3.56. The normalized spacial score (nSPS) is 11.7. The van der Waals surface area contributed by atoms with Crippen molar-refractivity contribution in [2.75, 3.05) is 5.32 Å². The zero-order valence-corrected chi connectivity index (χ0v) is 12.7. The first-order valence-corrected chi connectivity index (χ1v) is 7.31. The van der Waals surface area contributed by atoms with Crippen molar-refractivity contribution in [2.24, 2.45) is 0 Å². The lowest BCUT2D eigenvalue weighted by Gasteiger charge is -2.17. The van der Waals surface area contributed by atoms with Gasteiger partial charge in [-0.25, -0.2) is 0 Å². The van der Waals surface area contributed by atoms with Crippen molar-refractivity contribution in [2.45, 2.75) is 26.3 Å². The molecule has 0 heterocycles. The second-order valence-electron chi connectivity index (χ2n) is 4.78. The lowest BCUT2D eigenvalue weighted by Crippen LogP contribution is -2.30. The van der Waals surface area contributed by atoms with Gasteiger partial charge in [0.15, 0.2) is 5.11 Å². The zero-order chi connectivity index (χ0) is 14.4. The van der Waals surface area contributed by atoms with Gasteiger partial charge in [0.1, 0.15) is 0 Å². The van der Waals surface area contributed by atoms with E-state index >= 15 is 0 Å². The van der Waals surface area contributed by atoms with Gasteiger partial charge in [-0.1, -0.05) is 49.4 Å². The molecule has 1 unspecified atom stereocenters. The maximum Gasteiger partial charge on any atom is 0.171 e. The molecule has 0 radical (unpaired) electrons. The molecule has 0 aliphatic carbocycles.